The third kappa shape index (κ3) is 2.07. The van der Waals surface area contributed by atoms with Crippen molar-refractivity contribution < 1.29 is 9.26 Å². The van der Waals surface area contributed by atoms with Crippen molar-refractivity contribution in [3.8, 4) is 28.2 Å². The minimum Gasteiger partial charge on any atom is -0.497 e. The van der Waals surface area contributed by atoms with Gasteiger partial charge in [0.1, 0.15) is 12.1 Å². The van der Waals surface area contributed by atoms with Crippen molar-refractivity contribution in [2.75, 3.05) is 12.8 Å². The molecule has 0 bridgehead atoms. The van der Waals surface area contributed by atoms with Crippen molar-refractivity contribution >= 4 is 5.82 Å². The first-order valence-electron chi connectivity index (χ1n) is 5.94. The molecule has 1 aromatic carbocycles. The van der Waals surface area contributed by atoms with Crippen LogP contribution in [0.2, 0.25) is 0 Å². The van der Waals surface area contributed by atoms with Crippen LogP contribution in [-0.2, 0) is 0 Å². The van der Waals surface area contributed by atoms with Crippen molar-refractivity contribution in [1.29, 1.82) is 0 Å². The first-order valence-corrected chi connectivity index (χ1v) is 5.94. The second-order valence-corrected chi connectivity index (χ2v) is 4.13. The summed E-state index contributed by atoms with van der Waals surface area (Å²) in [6.45, 7) is 0. The molecule has 2 N–H and O–H groups in total. The van der Waals surface area contributed by atoms with Crippen LogP contribution in [0, 0.1) is 0 Å². The summed E-state index contributed by atoms with van der Waals surface area (Å²) < 4.78 is 10.4. The molecule has 3 rings (SSSR count). The van der Waals surface area contributed by atoms with E-state index in [0.717, 1.165) is 22.4 Å². The van der Waals surface area contributed by atoms with E-state index in [1.54, 1.807) is 19.5 Å². The molecule has 0 radical (unpaired) electrons. The molecule has 0 aliphatic carbocycles. The van der Waals surface area contributed by atoms with Crippen LogP contribution in [0.15, 0.2) is 47.5 Å². The SMILES string of the molecule is COc1ccc(-c2c(N)noc2-c2cncnc2)cc1. The number of methoxy groups -OCH3 is 1. The molecule has 0 fully saturated rings. The van der Waals surface area contributed by atoms with Crippen LogP contribution in [0.25, 0.3) is 22.5 Å². The van der Waals surface area contributed by atoms with Gasteiger partial charge in [0.15, 0.2) is 11.6 Å². The maximum absolute atomic E-state index is 5.90. The van der Waals surface area contributed by atoms with Gasteiger partial charge in [-0.3, -0.25) is 0 Å². The third-order valence-electron chi connectivity index (χ3n) is 2.92. The van der Waals surface area contributed by atoms with E-state index in [2.05, 4.69) is 15.1 Å². The van der Waals surface area contributed by atoms with Crippen LogP contribution in [-0.4, -0.2) is 22.2 Å². The molecule has 0 unspecified atom stereocenters. The first kappa shape index (κ1) is 12.2. The van der Waals surface area contributed by atoms with Gasteiger partial charge in [-0.15, -0.1) is 0 Å². The lowest BCUT2D eigenvalue weighted by Crippen LogP contribution is -1.90. The third-order valence-corrected chi connectivity index (χ3v) is 2.92. The summed E-state index contributed by atoms with van der Waals surface area (Å²) in [5.41, 5.74) is 8.25. The second-order valence-electron chi connectivity index (χ2n) is 4.13. The lowest BCUT2D eigenvalue weighted by Gasteiger charge is -2.04. The van der Waals surface area contributed by atoms with Crippen molar-refractivity contribution in [3.63, 3.8) is 0 Å². The molecule has 6 heteroatoms. The number of nitrogens with two attached hydrogens (primary N) is 1. The van der Waals surface area contributed by atoms with Gasteiger partial charge >= 0.3 is 0 Å². The Morgan fingerprint density at radius 3 is 2.40 bits per heavy atom. The van der Waals surface area contributed by atoms with E-state index in [4.69, 9.17) is 15.0 Å². The van der Waals surface area contributed by atoms with Gasteiger partial charge in [0.25, 0.3) is 0 Å². The highest BCUT2D eigenvalue weighted by atomic mass is 16.5. The van der Waals surface area contributed by atoms with Gasteiger partial charge in [-0.05, 0) is 17.7 Å². The molecule has 0 saturated heterocycles. The summed E-state index contributed by atoms with van der Waals surface area (Å²) in [6.07, 6.45) is 4.76. The fourth-order valence-electron chi connectivity index (χ4n) is 1.95. The summed E-state index contributed by atoms with van der Waals surface area (Å²) in [7, 11) is 1.62. The number of anilines is 1. The molecule has 100 valence electrons. The lowest BCUT2D eigenvalue weighted by molar-refractivity contribution is 0.415. The van der Waals surface area contributed by atoms with Crippen LogP contribution >= 0.6 is 0 Å². The number of nitrogens with zero attached hydrogens (tertiary/aromatic N) is 3. The van der Waals surface area contributed by atoms with Crippen LogP contribution < -0.4 is 10.5 Å². The summed E-state index contributed by atoms with van der Waals surface area (Å²) in [5, 5.41) is 3.83. The van der Waals surface area contributed by atoms with Crippen molar-refractivity contribution in [2.45, 2.75) is 0 Å². The van der Waals surface area contributed by atoms with E-state index in [1.165, 1.54) is 6.33 Å². The quantitative estimate of drug-likeness (QED) is 0.784. The number of rotatable bonds is 3. The van der Waals surface area contributed by atoms with Gasteiger partial charge in [-0.2, -0.15) is 0 Å². The van der Waals surface area contributed by atoms with Gasteiger partial charge in [-0.1, -0.05) is 17.3 Å². The first-order chi connectivity index (χ1) is 9.79. The van der Waals surface area contributed by atoms with Crippen LogP contribution in [0.4, 0.5) is 5.82 Å². The Morgan fingerprint density at radius 1 is 1.05 bits per heavy atom. The molecule has 3 aromatic rings. The Balaban J connectivity index is 2.11. The zero-order valence-corrected chi connectivity index (χ0v) is 10.8. The van der Waals surface area contributed by atoms with Gasteiger partial charge in [0.2, 0.25) is 0 Å². The average molecular weight is 268 g/mol. The van der Waals surface area contributed by atoms with E-state index < -0.39 is 0 Å². The van der Waals surface area contributed by atoms with Gasteiger partial charge in [-0.25, -0.2) is 9.97 Å². The van der Waals surface area contributed by atoms with E-state index in [-0.39, 0.29) is 0 Å². The summed E-state index contributed by atoms with van der Waals surface area (Å²) in [5.74, 6) is 1.65. The molecule has 0 atom stereocenters. The average Bonchev–Trinajstić information content (AvgIpc) is 2.90. The molecular formula is C14H12N4O2. The number of benzene rings is 1. The minimum atomic E-state index is 0.328. The molecule has 0 spiro atoms. The Morgan fingerprint density at radius 2 is 1.75 bits per heavy atom. The number of aromatic nitrogens is 3. The van der Waals surface area contributed by atoms with Crippen LogP contribution in [0.3, 0.4) is 0 Å². The van der Waals surface area contributed by atoms with Crippen LogP contribution in [0.1, 0.15) is 0 Å². The monoisotopic (exact) mass is 268 g/mol. The molecule has 6 nitrogen and oxygen atoms in total. The van der Waals surface area contributed by atoms with Gasteiger partial charge in [0, 0.05) is 12.4 Å². The van der Waals surface area contributed by atoms with Gasteiger partial charge in [0.05, 0.1) is 18.2 Å². The van der Waals surface area contributed by atoms with Crippen molar-refractivity contribution in [2.24, 2.45) is 0 Å². The molecule has 0 aliphatic rings. The Hall–Kier alpha value is -2.89. The highest BCUT2D eigenvalue weighted by Gasteiger charge is 2.18. The van der Waals surface area contributed by atoms with Gasteiger partial charge < -0.3 is 15.0 Å². The molecular weight excluding hydrogens is 256 g/mol. The van der Waals surface area contributed by atoms with E-state index >= 15 is 0 Å². The number of hydrogen-bond donors (Lipinski definition) is 1. The molecule has 0 amide bonds. The molecule has 20 heavy (non-hydrogen) atoms. The standard InChI is InChI=1S/C14H12N4O2/c1-19-11-4-2-9(3-5-11)12-13(20-18-14(12)15)10-6-16-8-17-7-10/h2-8H,1H3,(H2,15,18). The lowest BCUT2D eigenvalue weighted by atomic mass is 10.0. The topological polar surface area (TPSA) is 87.1 Å². The summed E-state index contributed by atoms with van der Waals surface area (Å²) in [6, 6.07) is 7.50. The van der Waals surface area contributed by atoms with Crippen LogP contribution in [0.5, 0.6) is 5.75 Å². The fraction of sp³-hybridized carbons (Fsp3) is 0.0714. The van der Waals surface area contributed by atoms with Crippen molar-refractivity contribution in [1.82, 2.24) is 15.1 Å². The normalized spacial score (nSPS) is 10.4. The predicted molar refractivity (Wildman–Crippen MR) is 73.9 cm³/mol. The predicted octanol–water partition coefficient (Wildman–Crippen LogP) is 2.39. The summed E-state index contributed by atoms with van der Waals surface area (Å²) >= 11 is 0. The number of nitrogen functional groups attached to an aromatic ring is 1. The Bertz CT molecular complexity index is 708. The highest BCUT2D eigenvalue weighted by molar-refractivity contribution is 5.86. The Labute approximate surface area is 115 Å². The zero-order chi connectivity index (χ0) is 13.9. The van der Waals surface area contributed by atoms with E-state index in [0.29, 0.717) is 11.6 Å². The molecule has 0 saturated carbocycles. The summed E-state index contributed by atoms with van der Waals surface area (Å²) in [4.78, 5) is 7.95. The Kier molecular flexibility index (Phi) is 3.04. The van der Waals surface area contributed by atoms with E-state index in [1.807, 2.05) is 24.3 Å². The molecule has 2 heterocycles. The highest BCUT2D eigenvalue weighted by Crippen LogP contribution is 2.36. The number of hydrogen-bond acceptors (Lipinski definition) is 6. The number of ether oxygens (including phenoxy) is 1. The second kappa shape index (κ2) is 5.00. The van der Waals surface area contributed by atoms with E-state index in [9.17, 15) is 0 Å². The molecule has 2 aromatic heterocycles. The smallest absolute Gasteiger partial charge is 0.180 e. The largest absolute Gasteiger partial charge is 0.497 e. The zero-order valence-electron chi connectivity index (χ0n) is 10.8. The fourth-order valence-corrected chi connectivity index (χ4v) is 1.95. The maximum atomic E-state index is 5.90. The van der Waals surface area contributed by atoms with Crippen molar-refractivity contribution in [3.05, 3.63) is 43.0 Å². The maximum Gasteiger partial charge on any atom is 0.180 e. The molecule has 0 aliphatic heterocycles. The minimum absolute atomic E-state index is 0.328.